The van der Waals surface area contributed by atoms with Crippen LogP contribution < -0.4 is 0 Å². The molecule has 1 heteroatoms. The average molecular weight is 260 g/mol. The summed E-state index contributed by atoms with van der Waals surface area (Å²) in [7, 11) is 0. The van der Waals surface area contributed by atoms with E-state index in [0.717, 1.165) is 12.8 Å². The zero-order chi connectivity index (χ0) is 13.5. The van der Waals surface area contributed by atoms with Crippen LogP contribution >= 0.6 is 0 Å². The van der Waals surface area contributed by atoms with Crippen molar-refractivity contribution in [2.24, 2.45) is 0 Å². The molecular weight excluding hydrogens is 244 g/mol. The Bertz CT molecular complexity index is 832. The van der Waals surface area contributed by atoms with E-state index in [4.69, 9.17) is 5.11 Å². The van der Waals surface area contributed by atoms with Crippen LogP contribution in [0.4, 0.5) is 0 Å². The van der Waals surface area contributed by atoms with Gasteiger partial charge in [0, 0.05) is 6.61 Å². The minimum Gasteiger partial charge on any atom is -0.396 e. The molecule has 0 fully saturated rings. The van der Waals surface area contributed by atoms with Crippen LogP contribution in [0.25, 0.3) is 32.3 Å². The van der Waals surface area contributed by atoms with Crippen LogP contribution in [0.15, 0.2) is 54.6 Å². The van der Waals surface area contributed by atoms with E-state index in [2.05, 4.69) is 54.6 Å². The van der Waals surface area contributed by atoms with E-state index in [1.54, 1.807) is 0 Å². The van der Waals surface area contributed by atoms with Crippen molar-refractivity contribution in [2.75, 3.05) is 6.61 Å². The Labute approximate surface area is 117 Å². The highest BCUT2D eigenvalue weighted by molar-refractivity contribution is 6.28. The first-order valence-corrected chi connectivity index (χ1v) is 7.15. The van der Waals surface area contributed by atoms with E-state index in [0.29, 0.717) is 0 Å². The number of rotatable bonds is 3. The predicted molar refractivity (Wildman–Crippen MR) is 85.6 cm³/mol. The number of aliphatic hydroxyl groups excluding tert-OH is 1. The summed E-state index contributed by atoms with van der Waals surface area (Å²) < 4.78 is 0. The third-order valence-corrected chi connectivity index (χ3v) is 4.22. The molecule has 5 rings (SSSR count). The van der Waals surface area contributed by atoms with Crippen molar-refractivity contribution in [3.63, 3.8) is 0 Å². The second-order valence-electron chi connectivity index (χ2n) is 5.38. The molecule has 0 heterocycles. The summed E-state index contributed by atoms with van der Waals surface area (Å²) in [6.45, 7) is 0.253. The number of aliphatic hydroxyl groups is 1. The molecule has 5 aromatic carbocycles. The van der Waals surface area contributed by atoms with E-state index in [1.165, 1.54) is 37.9 Å². The SMILES string of the molecule is OCCCc1cc2c3ccccc3c1c1ccccc21. The summed E-state index contributed by atoms with van der Waals surface area (Å²) in [5.74, 6) is 0. The maximum absolute atomic E-state index is 9.11. The average Bonchev–Trinajstić information content (AvgIpc) is 2.53. The van der Waals surface area contributed by atoms with Gasteiger partial charge in [-0.25, -0.2) is 0 Å². The molecule has 20 heavy (non-hydrogen) atoms. The first-order chi connectivity index (χ1) is 9.90. The summed E-state index contributed by atoms with van der Waals surface area (Å²) in [4.78, 5) is 0. The van der Waals surface area contributed by atoms with Crippen molar-refractivity contribution in [3.8, 4) is 0 Å². The van der Waals surface area contributed by atoms with Crippen molar-refractivity contribution < 1.29 is 5.11 Å². The molecule has 0 amide bonds. The zero-order valence-corrected chi connectivity index (χ0v) is 11.3. The van der Waals surface area contributed by atoms with Gasteiger partial charge in [0.05, 0.1) is 0 Å². The Hall–Kier alpha value is -2.12. The van der Waals surface area contributed by atoms with Crippen molar-refractivity contribution >= 4 is 32.3 Å². The van der Waals surface area contributed by atoms with Gasteiger partial charge in [0.15, 0.2) is 0 Å². The van der Waals surface area contributed by atoms with Gasteiger partial charge in [0.25, 0.3) is 0 Å². The monoisotopic (exact) mass is 260 g/mol. The normalized spacial score (nSPS) is 11.8. The first-order valence-electron chi connectivity index (χ1n) is 7.15. The smallest absolute Gasteiger partial charge is 0.0434 e. The highest BCUT2D eigenvalue weighted by atomic mass is 16.2. The van der Waals surface area contributed by atoms with Gasteiger partial charge in [-0.05, 0) is 56.8 Å². The summed E-state index contributed by atoms with van der Waals surface area (Å²) in [6, 6.07) is 19.6. The second-order valence-corrected chi connectivity index (χ2v) is 5.38. The van der Waals surface area contributed by atoms with E-state index in [1.807, 2.05) is 0 Å². The van der Waals surface area contributed by atoms with Crippen LogP contribution in [0.1, 0.15) is 12.0 Å². The molecule has 1 N–H and O–H groups in total. The summed E-state index contributed by atoms with van der Waals surface area (Å²) in [5.41, 5.74) is 1.37. The van der Waals surface area contributed by atoms with Crippen LogP contribution in [-0.4, -0.2) is 11.7 Å². The van der Waals surface area contributed by atoms with Gasteiger partial charge in [-0.1, -0.05) is 48.5 Å². The van der Waals surface area contributed by atoms with Crippen LogP contribution in [0.5, 0.6) is 0 Å². The molecule has 0 saturated carbocycles. The quantitative estimate of drug-likeness (QED) is 0.537. The summed E-state index contributed by atoms with van der Waals surface area (Å²) >= 11 is 0. The molecule has 0 aliphatic heterocycles. The maximum atomic E-state index is 9.11. The Balaban J connectivity index is 2.19. The minimum absolute atomic E-state index is 0.253. The molecule has 98 valence electrons. The predicted octanol–water partition coefficient (Wildman–Crippen LogP) is 4.51. The van der Waals surface area contributed by atoms with Crippen LogP contribution in [0, 0.1) is 0 Å². The van der Waals surface area contributed by atoms with Crippen molar-refractivity contribution in [3.05, 3.63) is 60.2 Å². The topological polar surface area (TPSA) is 20.2 Å². The van der Waals surface area contributed by atoms with E-state index in [9.17, 15) is 0 Å². The third kappa shape index (κ3) is 1.53. The fourth-order valence-electron chi connectivity index (χ4n) is 3.38. The number of hydrogen-bond acceptors (Lipinski definition) is 1. The molecule has 1 nitrogen and oxygen atoms in total. The fraction of sp³-hybridized carbons (Fsp3) is 0.158. The third-order valence-electron chi connectivity index (χ3n) is 4.22. The van der Waals surface area contributed by atoms with E-state index < -0.39 is 0 Å². The zero-order valence-electron chi connectivity index (χ0n) is 11.3. The molecule has 0 saturated heterocycles. The van der Waals surface area contributed by atoms with E-state index in [-0.39, 0.29) is 6.61 Å². The Morgan fingerprint density at radius 2 is 1.25 bits per heavy atom. The summed E-state index contributed by atoms with van der Waals surface area (Å²) in [5, 5.41) is 17.2. The minimum atomic E-state index is 0.253. The van der Waals surface area contributed by atoms with Gasteiger partial charge in [-0.2, -0.15) is 0 Å². The highest BCUT2D eigenvalue weighted by Gasteiger charge is 2.14. The van der Waals surface area contributed by atoms with Gasteiger partial charge in [0.1, 0.15) is 0 Å². The molecular formula is C19H16O. The van der Waals surface area contributed by atoms with Crippen LogP contribution in [0.2, 0.25) is 0 Å². The van der Waals surface area contributed by atoms with Gasteiger partial charge in [0.2, 0.25) is 0 Å². The van der Waals surface area contributed by atoms with Gasteiger partial charge >= 0.3 is 0 Å². The van der Waals surface area contributed by atoms with Gasteiger partial charge in [-0.15, -0.1) is 0 Å². The van der Waals surface area contributed by atoms with Crippen molar-refractivity contribution in [2.45, 2.75) is 12.8 Å². The Morgan fingerprint density at radius 3 is 1.80 bits per heavy atom. The molecule has 0 unspecified atom stereocenters. The lowest BCUT2D eigenvalue weighted by molar-refractivity contribution is 0.289. The maximum Gasteiger partial charge on any atom is 0.0434 e. The molecule has 0 spiro atoms. The van der Waals surface area contributed by atoms with Crippen LogP contribution in [0.3, 0.4) is 0 Å². The van der Waals surface area contributed by atoms with Crippen LogP contribution in [-0.2, 0) is 6.42 Å². The number of fused-ring (bicyclic) bond motifs is 1. The lowest BCUT2D eigenvalue weighted by atomic mass is 9.87. The number of benzene rings is 5. The first kappa shape index (κ1) is 11.7. The molecule has 0 atom stereocenters. The molecule has 5 aromatic rings. The van der Waals surface area contributed by atoms with Gasteiger partial charge < -0.3 is 5.11 Å². The number of hydrogen-bond donors (Lipinski definition) is 1. The fourth-order valence-corrected chi connectivity index (χ4v) is 3.38. The molecule has 0 aliphatic carbocycles. The van der Waals surface area contributed by atoms with Crippen molar-refractivity contribution in [1.29, 1.82) is 0 Å². The summed E-state index contributed by atoms with van der Waals surface area (Å²) in [6.07, 6.45) is 1.77. The Kier molecular flexibility index (Phi) is 2.61. The van der Waals surface area contributed by atoms with Crippen molar-refractivity contribution in [1.82, 2.24) is 0 Å². The molecule has 0 aromatic heterocycles. The second kappa shape index (κ2) is 4.46. The standard InChI is InChI=1S/C19H16O/c20-11-5-6-13-12-18-14-7-1-3-9-16(14)19(13)17-10-4-2-8-15(17)18/h1-4,7-10,12,20H,5-6,11H2. The lowest BCUT2D eigenvalue weighted by Crippen LogP contribution is -1.95. The highest BCUT2D eigenvalue weighted by Crippen LogP contribution is 2.39. The molecule has 0 radical (unpaired) electrons. The number of aryl methyl sites for hydroxylation is 1. The van der Waals surface area contributed by atoms with Gasteiger partial charge in [-0.3, -0.25) is 0 Å². The largest absolute Gasteiger partial charge is 0.396 e. The molecule has 2 bridgehead atoms. The lowest BCUT2D eigenvalue weighted by Gasteiger charge is -2.17. The van der Waals surface area contributed by atoms with E-state index >= 15 is 0 Å². The molecule has 0 aliphatic rings. The Morgan fingerprint density at radius 1 is 0.700 bits per heavy atom.